The summed E-state index contributed by atoms with van der Waals surface area (Å²) in [5.74, 6) is 5.77. The number of hydrogen-bond donors (Lipinski definition) is 2. The summed E-state index contributed by atoms with van der Waals surface area (Å²) in [6.07, 6.45) is 2.58. The van der Waals surface area contributed by atoms with Gasteiger partial charge in [0.2, 0.25) is 0 Å². The third kappa shape index (κ3) is 2.54. The molecule has 0 spiro atoms. The van der Waals surface area contributed by atoms with Gasteiger partial charge >= 0.3 is 0 Å². The summed E-state index contributed by atoms with van der Waals surface area (Å²) < 4.78 is 0. The van der Waals surface area contributed by atoms with E-state index >= 15 is 0 Å². The Morgan fingerprint density at radius 2 is 1.75 bits per heavy atom. The Morgan fingerprint density at radius 3 is 2.55 bits per heavy atom. The molecule has 0 bridgehead atoms. The van der Waals surface area contributed by atoms with E-state index in [0.717, 1.165) is 12.1 Å². The van der Waals surface area contributed by atoms with Gasteiger partial charge in [0.15, 0.2) is 0 Å². The van der Waals surface area contributed by atoms with E-state index in [1.54, 1.807) is 0 Å². The van der Waals surface area contributed by atoms with E-state index < -0.39 is 0 Å². The van der Waals surface area contributed by atoms with Crippen LogP contribution in [0.25, 0.3) is 10.8 Å². The number of nitrogens with one attached hydrogen (secondary N) is 1. The molecular formula is C17H17N3. The van der Waals surface area contributed by atoms with Crippen LogP contribution in [0.4, 0.5) is 0 Å². The molecule has 2 aromatic carbocycles. The van der Waals surface area contributed by atoms with E-state index in [1.807, 2.05) is 24.4 Å². The molecule has 0 saturated heterocycles. The predicted molar refractivity (Wildman–Crippen MR) is 82.0 cm³/mol. The van der Waals surface area contributed by atoms with Gasteiger partial charge in [0.25, 0.3) is 0 Å². The molecule has 0 radical (unpaired) electrons. The molecule has 0 amide bonds. The lowest BCUT2D eigenvalue weighted by atomic mass is 9.96. The van der Waals surface area contributed by atoms with Crippen molar-refractivity contribution in [1.82, 2.24) is 10.4 Å². The van der Waals surface area contributed by atoms with Crippen LogP contribution >= 0.6 is 0 Å². The van der Waals surface area contributed by atoms with E-state index in [2.05, 4.69) is 52.9 Å². The van der Waals surface area contributed by atoms with Crippen molar-refractivity contribution in [3.05, 3.63) is 78.1 Å². The standard InChI is InChI=1S/C17H17N3/c18-20-17(12-14-8-3-4-11-19-14)16-10-5-7-13-6-1-2-9-15(13)16/h1-11,17,20H,12,18H2. The molecule has 0 fully saturated rings. The second-order valence-electron chi connectivity index (χ2n) is 4.81. The highest BCUT2D eigenvalue weighted by molar-refractivity contribution is 5.86. The minimum Gasteiger partial charge on any atom is -0.271 e. The van der Waals surface area contributed by atoms with Gasteiger partial charge in [-0.3, -0.25) is 16.3 Å². The van der Waals surface area contributed by atoms with Gasteiger partial charge in [-0.25, -0.2) is 0 Å². The highest BCUT2D eigenvalue weighted by Gasteiger charge is 2.13. The molecule has 3 aromatic rings. The highest BCUT2D eigenvalue weighted by Crippen LogP contribution is 2.25. The van der Waals surface area contributed by atoms with E-state index in [4.69, 9.17) is 5.84 Å². The van der Waals surface area contributed by atoms with E-state index in [-0.39, 0.29) is 6.04 Å². The monoisotopic (exact) mass is 263 g/mol. The van der Waals surface area contributed by atoms with Crippen molar-refractivity contribution >= 4 is 10.8 Å². The summed E-state index contributed by atoms with van der Waals surface area (Å²) in [4.78, 5) is 4.38. The van der Waals surface area contributed by atoms with Crippen molar-refractivity contribution < 1.29 is 0 Å². The first-order valence-electron chi connectivity index (χ1n) is 6.72. The summed E-state index contributed by atoms with van der Waals surface area (Å²) in [5.41, 5.74) is 5.15. The molecule has 0 aliphatic carbocycles. The normalized spacial score (nSPS) is 12.4. The first-order valence-corrected chi connectivity index (χ1v) is 6.72. The molecule has 3 N–H and O–H groups in total. The number of aromatic nitrogens is 1. The van der Waals surface area contributed by atoms with E-state index in [0.29, 0.717) is 0 Å². The van der Waals surface area contributed by atoms with Crippen molar-refractivity contribution in [2.45, 2.75) is 12.5 Å². The maximum Gasteiger partial charge on any atom is 0.0521 e. The van der Waals surface area contributed by atoms with Crippen LogP contribution < -0.4 is 11.3 Å². The minimum atomic E-state index is 0.0519. The zero-order valence-electron chi connectivity index (χ0n) is 11.2. The molecule has 1 unspecified atom stereocenters. The third-order valence-electron chi connectivity index (χ3n) is 3.54. The lowest BCUT2D eigenvalue weighted by Crippen LogP contribution is -2.30. The fraction of sp³-hybridized carbons (Fsp3) is 0.118. The second-order valence-corrected chi connectivity index (χ2v) is 4.81. The first-order chi connectivity index (χ1) is 9.88. The molecule has 100 valence electrons. The molecular weight excluding hydrogens is 246 g/mol. The van der Waals surface area contributed by atoms with Crippen LogP contribution in [0.2, 0.25) is 0 Å². The lowest BCUT2D eigenvalue weighted by molar-refractivity contribution is 0.549. The van der Waals surface area contributed by atoms with Crippen LogP contribution in [0, 0.1) is 0 Å². The average molecular weight is 263 g/mol. The summed E-state index contributed by atoms with van der Waals surface area (Å²) in [6.45, 7) is 0. The molecule has 1 aromatic heterocycles. The largest absolute Gasteiger partial charge is 0.271 e. The van der Waals surface area contributed by atoms with Crippen molar-refractivity contribution in [1.29, 1.82) is 0 Å². The number of hydrogen-bond acceptors (Lipinski definition) is 3. The summed E-state index contributed by atoms with van der Waals surface area (Å²) >= 11 is 0. The van der Waals surface area contributed by atoms with Crippen LogP contribution in [-0.4, -0.2) is 4.98 Å². The number of rotatable bonds is 4. The SMILES string of the molecule is NNC(Cc1ccccn1)c1cccc2ccccc12. The van der Waals surface area contributed by atoms with Gasteiger partial charge in [-0.05, 0) is 28.5 Å². The van der Waals surface area contributed by atoms with E-state index in [1.165, 1.54) is 16.3 Å². The molecule has 0 aliphatic heterocycles. The van der Waals surface area contributed by atoms with Crippen molar-refractivity contribution in [2.24, 2.45) is 5.84 Å². The molecule has 3 nitrogen and oxygen atoms in total. The maximum absolute atomic E-state index is 5.77. The summed E-state index contributed by atoms with van der Waals surface area (Å²) in [6, 6.07) is 20.7. The van der Waals surface area contributed by atoms with E-state index in [9.17, 15) is 0 Å². The van der Waals surface area contributed by atoms with Gasteiger partial charge in [0.1, 0.15) is 0 Å². The Hall–Kier alpha value is -2.23. The highest BCUT2D eigenvalue weighted by atomic mass is 15.2. The van der Waals surface area contributed by atoms with Crippen molar-refractivity contribution in [3.63, 3.8) is 0 Å². The lowest BCUT2D eigenvalue weighted by Gasteiger charge is -2.18. The van der Waals surface area contributed by atoms with Gasteiger partial charge in [-0.15, -0.1) is 0 Å². The fourth-order valence-corrected chi connectivity index (χ4v) is 2.54. The Bertz CT molecular complexity index is 689. The number of hydrazine groups is 1. The van der Waals surface area contributed by atoms with Gasteiger partial charge in [0.05, 0.1) is 6.04 Å². The van der Waals surface area contributed by atoms with Gasteiger partial charge < -0.3 is 0 Å². The van der Waals surface area contributed by atoms with Crippen LogP contribution in [0.5, 0.6) is 0 Å². The van der Waals surface area contributed by atoms with Crippen LogP contribution in [0.3, 0.4) is 0 Å². The van der Waals surface area contributed by atoms with Crippen molar-refractivity contribution in [3.8, 4) is 0 Å². The first kappa shape index (κ1) is 12.8. The average Bonchev–Trinajstić information content (AvgIpc) is 2.53. The number of benzene rings is 2. The predicted octanol–water partition coefficient (Wildman–Crippen LogP) is 2.98. The maximum atomic E-state index is 5.77. The molecule has 0 saturated carbocycles. The number of fused-ring (bicyclic) bond motifs is 1. The fourth-order valence-electron chi connectivity index (χ4n) is 2.54. The van der Waals surface area contributed by atoms with Crippen LogP contribution in [0.1, 0.15) is 17.3 Å². The number of nitrogens with zero attached hydrogens (tertiary/aromatic N) is 1. The van der Waals surface area contributed by atoms with Crippen LogP contribution in [0.15, 0.2) is 66.9 Å². The molecule has 3 heteroatoms. The second kappa shape index (κ2) is 5.82. The smallest absolute Gasteiger partial charge is 0.0521 e. The molecule has 0 aliphatic rings. The quantitative estimate of drug-likeness (QED) is 0.562. The number of nitrogens with two attached hydrogens (primary N) is 1. The zero-order valence-corrected chi connectivity index (χ0v) is 11.2. The molecule has 1 heterocycles. The number of pyridine rings is 1. The molecule has 20 heavy (non-hydrogen) atoms. The Balaban J connectivity index is 1.99. The Kier molecular flexibility index (Phi) is 3.72. The summed E-state index contributed by atoms with van der Waals surface area (Å²) in [5, 5.41) is 2.46. The summed E-state index contributed by atoms with van der Waals surface area (Å²) in [7, 11) is 0. The Labute approximate surface area is 118 Å². The zero-order chi connectivity index (χ0) is 13.8. The molecule has 3 rings (SSSR count). The van der Waals surface area contributed by atoms with Crippen LogP contribution in [-0.2, 0) is 6.42 Å². The van der Waals surface area contributed by atoms with Crippen molar-refractivity contribution in [2.75, 3.05) is 0 Å². The molecule has 1 atom stereocenters. The topological polar surface area (TPSA) is 50.9 Å². The third-order valence-corrected chi connectivity index (χ3v) is 3.54. The minimum absolute atomic E-state index is 0.0519. The van der Waals surface area contributed by atoms with Gasteiger partial charge in [0, 0.05) is 18.3 Å². The van der Waals surface area contributed by atoms with Gasteiger partial charge in [-0.2, -0.15) is 0 Å². The van der Waals surface area contributed by atoms with Gasteiger partial charge in [-0.1, -0.05) is 48.5 Å². The Morgan fingerprint density at radius 1 is 0.950 bits per heavy atom.